The maximum absolute atomic E-state index is 12.3. The molecule has 1 aromatic rings. The van der Waals surface area contributed by atoms with Gasteiger partial charge in [0.25, 0.3) is 0 Å². The molecule has 0 unspecified atom stereocenters. The van der Waals surface area contributed by atoms with Gasteiger partial charge in [-0.05, 0) is 38.1 Å². The number of methoxy groups -OCH3 is 1. The highest BCUT2D eigenvalue weighted by Gasteiger charge is 2.37. The van der Waals surface area contributed by atoms with Crippen LogP contribution < -0.4 is 10.1 Å². The molecular formula is C16H21N3O3S. The van der Waals surface area contributed by atoms with Crippen molar-refractivity contribution in [1.82, 2.24) is 4.90 Å². The van der Waals surface area contributed by atoms with Crippen LogP contribution in [0.25, 0.3) is 0 Å². The summed E-state index contributed by atoms with van der Waals surface area (Å²) < 4.78 is 5.08. The molecule has 2 amide bonds. The molecule has 1 N–H and O–H groups in total. The van der Waals surface area contributed by atoms with E-state index in [2.05, 4.69) is 10.3 Å². The van der Waals surface area contributed by atoms with Crippen molar-refractivity contribution >= 4 is 34.4 Å². The molecule has 0 bridgehead atoms. The van der Waals surface area contributed by atoms with E-state index in [1.165, 1.54) is 11.8 Å². The van der Waals surface area contributed by atoms with Crippen LogP contribution in [0.2, 0.25) is 0 Å². The highest BCUT2D eigenvalue weighted by Crippen LogP contribution is 2.29. The van der Waals surface area contributed by atoms with Crippen molar-refractivity contribution in [2.75, 3.05) is 25.5 Å². The first-order chi connectivity index (χ1) is 11.1. The van der Waals surface area contributed by atoms with Crippen molar-refractivity contribution in [3.8, 4) is 5.75 Å². The molecule has 1 aliphatic heterocycles. The van der Waals surface area contributed by atoms with E-state index < -0.39 is 5.25 Å². The lowest BCUT2D eigenvalue weighted by molar-refractivity contribution is -0.128. The van der Waals surface area contributed by atoms with E-state index in [1.54, 1.807) is 36.3 Å². The van der Waals surface area contributed by atoms with Crippen LogP contribution in [-0.2, 0) is 9.59 Å². The zero-order valence-electron chi connectivity index (χ0n) is 13.5. The van der Waals surface area contributed by atoms with Gasteiger partial charge in [0.1, 0.15) is 11.0 Å². The van der Waals surface area contributed by atoms with Crippen LogP contribution in [0, 0.1) is 0 Å². The predicted molar refractivity (Wildman–Crippen MR) is 93.0 cm³/mol. The number of carbonyl (C=O) groups is 2. The Kier molecular flexibility index (Phi) is 6.04. The van der Waals surface area contributed by atoms with Gasteiger partial charge in [-0.25, -0.2) is 0 Å². The third-order valence-corrected chi connectivity index (χ3v) is 4.59. The minimum absolute atomic E-state index is 0.0467. The van der Waals surface area contributed by atoms with Gasteiger partial charge in [0, 0.05) is 25.2 Å². The maximum Gasteiger partial charge on any atom is 0.242 e. The van der Waals surface area contributed by atoms with Crippen LogP contribution in [0.3, 0.4) is 0 Å². The van der Waals surface area contributed by atoms with Crippen molar-refractivity contribution < 1.29 is 14.3 Å². The number of hydrogen-bond donors (Lipinski definition) is 1. The fourth-order valence-electron chi connectivity index (χ4n) is 2.24. The summed E-state index contributed by atoms with van der Waals surface area (Å²) in [5.74, 6) is 0.493. The quantitative estimate of drug-likeness (QED) is 0.866. The Balaban J connectivity index is 1.97. The first kappa shape index (κ1) is 17.3. The highest BCUT2D eigenvalue weighted by molar-refractivity contribution is 8.15. The Morgan fingerprint density at radius 3 is 2.61 bits per heavy atom. The molecule has 1 heterocycles. The van der Waals surface area contributed by atoms with E-state index in [4.69, 9.17) is 4.74 Å². The number of amides is 2. The van der Waals surface area contributed by atoms with Gasteiger partial charge in [0.05, 0.1) is 7.11 Å². The molecule has 0 saturated carbocycles. The van der Waals surface area contributed by atoms with Crippen LogP contribution in [0.4, 0.5) is 5.69 Å². The van der Waals surface area contributed by atoms with Crippen molar-refractivity contribution in [3.63, 3.8) is 0 Å². The number of ether oxygens (including phenoxy) is 1. The summed E-state index contributed by atoms with van der Waals surface area (Å²) in [6, 6.07) is 7.08. The highest BCUT2D eigenvalue weighted by atomic mass is 32.2. The van der Waals surface area contributed by atoms with Crippen LogP contribution in [0.15, 0.2) is 29.3 Å². The zero-order valence-corrected chi connectivity index (χ0v) is 14.4. The van der Waals surface area contributed by atoms with Gasteiger partial charge in [0.15, 0.2) is 5.17 Å². The topological polar surface area (TPSA) is 71.0 Å². The van der Waals surface area contributed by atoms with Gasteiger partial charge in [-0.2, -0.15) is 0 Å². The summed E-state index contributed by atoms with van der Waals surface area (Å²) in [4.78, 5) is 30.4. The molecule has 0 spiro atoms. The second-order valence-electron chi connectivity index (χ2n) is 4.93. The number of nitrogens with one attached hydrogen (secondary N) is 1. The molecule has 1 fully saturated rings. The Hall–Kier alpha value is -2.02. The summed E-state index contributed by atoms with van der Waals surface area (Å²) in [6.07, 6.45) is 0.134. The second kappa shape index (κ2) is 8.01. The van der Waals surface area contributed by atoms with Crippen molar-refractivity contribution in [1.29, 1.82) is 0 Å². The van der Waals surface area contributed by atoms with Gasteiger partial charge in [-0.15, -0.1) is 0 Å². The lowest BCUT2D eigenvalue weighted by atomic mass is 10.2. The zero-order chi connectivity index (χ0) is 16.8. The summed E-state index contributed by atoms with van der Waals surface area (Å²) in [5, 5.41) is 3.11. The number of aliphatic imine (C=N–C) groups is 1. The summed E-state index contributed by atoms with van der Waals surface area (Å²) >= 11 is 1.37. The molecule has 2 rings (SSSR count). The number of benzene rings is 1. The maximum atomic E-state index is 12.3. The average Bonchev–Trinajstić information content (AvgIpc) is 2.83. The third-order valence-electron chi connectivity index (χ3n) is 3.37. The third kappa shape index (κ3) is 4.25. The van der Waals surface area contributed by atoms with Crippen LogP contribution in [-0.4, -0.2) is 47.3 Å². The van der Waals surface area contributed by atoms with Gasteiger partial charge >= 0.3 is 0 Å². The number of amidine groups is 1. The van der Waals surface area contributed by atoms with E-state index in [1.807, 2.05) is 13.8 Å². The van der Waals surface area contributed by atoms with E-state index in [0.29, 0.717) is 23.9 Å². The summed E-state index contributed by atoms with van der Waals surface area (Å²) in [6.45, 7) is 5.02. The minimum atomic E-state index is -0.404. The molecule has 124 valence electrons. The molecule has 1 saturated heterocycles. The van der Waals surface area contributed by atoms with Crippen molar-refractivity contribution in [2.24, 2.45) is 4.99 Å². The van der Waals surface area contributed by atoms with Crippen molar-refractivity contribution in [3.05, 3.63) is 24.3 Å². The number of anilines is 1. The first-order valence-corrected chi connectivity index (χ1v) is 8.43. The van der Waals surface area contributed by atoms with E-state index >= 15 is 0 Å². The second-order valence-corrected chi connectivity index (χ2v) is 6.10. The smallest absolute Gasteiger partial charge is 0.242 e. The first-order valence-electron chi connectivity index (χ1n) is 7.55. The molecule has 6 nitrogen and oxygen atoms in total. The van der Waals surface area contributed by atoms with Crippen LogP contribution in [0.5, 0.6) is 5.75 Å². The van der Waals surface area contributed by atoms with Crippen LogP contribution in [0.1, 0.15) is 20.3 Å². The Morgan fingerprint density at radius 2 is 2.04 bits per heavy atom. The summed E-state index contributed by atoms with van der Waals surface area (Å²) in [7, 11) is 1.59. The Bertz CT molecular complexity index is 601. The number of hydrogen-bond acceptors (Lipinski definition) is 5. The lowest BCUT2D eigenvalue weighted by Crippen LogP contribution is -2.33. The number of rotatable bonds is 6. The monoisotopic (exact) mass is 335 g/mol. The van der Waals surface area contributed by atoms with E-state index in [9.17, 15) is 9.59 Å². The van der Waals surface area contributed by atoms with Gasteiger partial charge in [-0.1, -0.05) is 11.8 Å². The normalized spacial score (nSPS) is 19.3. The largest absolute Gasteiger partial charge is 0.497 e. The van der Waals surface area contributed by atoms with E-state index in [-0.39, 0.29) is 18.2 Å². The van der Waals surface area contributed by atoms with Crippen LogP contribution >= 0.6 is 11.8 Å². The number of carbonyl (C=O) groups excluding carboxylic acids is 2. The van der Waals surface area contributed by atoms with Gasteiger partial charge in [-0.3, -0.25) is 19.5 Å². The fraction of sp³-hybridized carbons (Fsp3) is 0.438. The molecule has 23 heavy (non-hydrogen) atoms. The molecule has 0 radical (unpaired) electrons. The number of thioether (sulfide) groups is 1. The van der Waals surface area contributed by atoms with Crippen molar-refractivity contribution in [2.45, 2.75) is 25.5 Å². The van der Waals surface area contributed by atoms with E-state index in [0.717, 1.165) is 5.75 Å². The molecule has 7 heteroatoms. The van der Waals surface area contributed by atoms with Gasteiger partial charge < -0.3 is 10.1 Å². The molecule has 1 atom stereocenters. The Labute approximate surface area is 140 Å². The molecule has 0 aliphatic carbocycles. The SMILES string of the molecule is CCN=C1S[C@@H](CC(=O)Nc2ccc(OC)cc2)C(=O)N1CC. The standard InChI is InChI=1S/C16H21N3O3S/c1-4-17-16-19(5-2)15(21)13(23-16)10-14(20)18-11-6-8-12(22-3)9-7-11/h6-9,13H,4-5,10H2,1-3H3,(H,18,20)/t13-/m0/s1. The molecular weight excluding hydrogens is 314 g/mol. The predicted octanol–water partition coefficient (Wildman–Crippen LogP) is 2.36. The minimum Gasteiger partial charge on any atom is -0.497 e. The lowest BCUT2D eigenvalue weighted by Gasteiger charge is -2.13. The average molecular weight is 335 g/mol. The molecule has 1 aromatic carbocycles. The Morgan fingerprint density at radius 1 is 1.35 bits per heavy atom. The van der Waals surface area contributed by atoms with Gasteiger partial charge in [0.2, 0.25) is 11.8 Å². The fourth-order valence-corrected chi connectivity index (χ4v) is 3.51. The molecule has 1 aliphatic rings. The molecule has 0 aromatic heterocycles. The number of nitrogens with zero attached hydrogens (tertiary/aromatic N) is 2. The summed E-state index contributed by atoms with van der Waals surface area (Å²) in [5.41, 5.74) is 0.682.